The fraction of sp³-hybridized carbons (Fsp3) is 0.500. The molecule has 0 aliphatic rings. The second-order valence-electron chi connectivity index (χ2n) is 4.61. The first-order valence-corrected chi connectivity index (χ1v) is 7.10. The lowest BCUT2D eigenvalue weighted by atomic mass is 10.2. The summed E-state index contributed by atoms with van der Waals surface area (Å²) in [4.78, 5) is 13.6. The van der Waals surface area contributed by atoms with Gasteiger partial charge in [-0.3, -0.25) is 0 Å². The molecule has 0 bridgehead atoms. The Balaban J connectivity index is 2.90. The fourth-order valence-corrected chi connectivity index (χ4v) is 2.10. The zero-order chi connectivity index (χ0) is 16.0. The molecule has 21 heavy (non-hydrogen) atoms. The number of nitrogens with zero attached hydrogens (tertiary/aromatic N) is 1. The first-order chi connectivity index (χ1) is 9.79. The van der Waals surface area contributed by atoms with Crippen molar-refractivity contribution in [3.8, 4) is 0 Å². The maximum atomic E-state index is 12.8. The molecule has 2 amide bonds. The Labute approximate surface area is 127 Å². The first-order valence-electron chi connectivity index (χ1n) is 6.72. The van der Waals surface area contributed by atoms with Gasteiger partial charge in [0.05, 0.1) is 10.6 Å². The van der Waals surface area contributed by atoms with Gasteiger partial charge in [0.15, 0.2) is 0 Å². The van der Waals surface area contributed by atoms with Gasteiger partial charge < -0.3 is 10.2 Å². The van der Waals surface area contributed by atoms with E-state index in [4.69, 9.17) is 11.6 Å². The van der Waals surface area contributed by atoms with Crippen molar-refractivity contribution < 1.29 is 18.0 Å². The molecule has 1 N–H and O–H groups in total. The quantitative estimate of drug-likeness (QED) is 0.811. The van der Waals surface area contributed by atoms with Gasteiger partial charge in [0.1, 0.15) is 0 Å². The van der Waals surface area contributed by atoms with E-state index in [2.05, 4.69) is 5.32 Å². The van der Waals surface area contributed by atoms with Gasteiger partial charge in [0.2, 0.25) is 0 Å². The Hall–Kier alpha value is -1.43. The third kappa shape index (κ3) is 5.12. The van der Waals surface area contributed by atoms with E-state index in [1.54, 1.807) is 4.90 Å². The molecule has 0 atom stereocenters. The van der Waals surface area contributed by atoms with Crippen molar-refractivity contribution in [1.82, 2.24) is 4.90 Å². The van der Waals surface area contributed by atoms with E-state index < -0.39 is 17.8 Å². The second-order valence-corrected chi connectivity index (χ2v) is 5.02. The number of benzene rings is 1. The minimum Gasteiger partial charge on any atom is -0.325 e. The smallest absolute Gasteiger partial charge is 0.325 e. The largest absolute Gasteiger partial charge is 0.417 e. The van der Waals surface area contributed by atoms with Gasteiger partial charge in [-0.15, -0.1) is 0 Å². The molecule has 1 rings (SSSR count). The van der Waals surface area contributed by atoms with Crippen LogP contribution in [0.25, 0.3) is 0 Å². The predicted octanol–water partition coefficient (Wildman–Crippen LogP) is 5.01. The number of hydrogen-bond donors (Lipinski definition) is 1. The molecule has 1 aromatic rings. The van der Waals surface area contributed by atoms with Crippen molar-refractivity contribution >= 4 is 23.3 Å². The summed E-state index contributed by atoms with van der Waals surface area (Å²) in [5.41, 5.74) is -0.881. The minimum absolute atomic E-state index is 0.0777. The van der Waals surface area contributed by atoms with Crippen LogP contribution in [0.2, 0.25) is 5.02 Å². The van der Waals surface area contributed by atoms with Gasteiger partial charge in [-0.05, 0) is 31.0 Å². The normalized spacial score (nSPS) is 11.3. The van der Waals surface area contributed by atoms with E-state index in [1.807, 2.05) is 13.8 Å². The van der Waals surface area contributed by atoms with Crippen LogP contribution in [0.1, 0.15) is 32.3 Å². The average Bonchev–Trinajstić information content (AvgIpc) is 2.39. The van der Waals surface area contributed by atoms with Gasteiger partial charge in [-0.2, -0.15) is 13.2 Å². The summed E-state index contributed by atoms with van der Waals surface area (Å²) in [6.45, 7) is 4.97. The van der Waals surface area contributed by atoms with E-state index in [9.17, 15) is 18.0 Å². The second kappa shape index (κ2) is 7.54. The average molecular weight is 323 g/mol. The fourth-order valence-electron chi connectivity index (χ4n) is 1.88. The van der Waals surface area contributed by atoms with Crippen molar-refractivity contribution in [2.45, 2.75) is 32.9 Å². The molecule has 0 radical (unpaired) electrons. The first kappa shape index (κ1) is 17.6. The van der Waals surface area contributed by atoms with E-state index in [0.717, 1.165) is 25.0 Å². The molecule has 0 aliphatic heterocycles. The Morgan fingerprint density at radius 3 is 2.29 bits per heavy atom. The van der Waals surface area contributed by atoms with E-state index in [0.29, 0.717) is 13.1 Å². The third-order valence-corrected chi connectivity index (χ3v) is 3.13. The summed E-state index contributed by atoms with van der Waals surface area (Å²) in [6, 6.07) is 2.92. The summed E-state index contributed by atoms with van der Waals surface area (Å²) < 4.78 is 38.3. The van der Waals surface area contributed by atoms with Crippen molar-refractivity contribution in [2.75, 3.05) is 18.4 Å². The monoisotopic (exact) mass is 322 g/mol. The number of hydrogen-bond acceptors (Lipinski definition) is 1. The van der Waals surface area contributed by atoms with Gasteiger partial charge in [-0.25, -0.2) is 4.79 Å². The van der Waals surface area contributed by atoms with Crippen molar-refractivity contribution in [2.24, 2.45) is 0 Å². The van der Waals surface area contributed by atoms with E-state index in [-0.39, 0.29) is 10.7 Å². The third-order valence-electron chi connectivity index (χ3n) is 2.80. The van der Waals surface area contributed by atoms with E-state index >= 15 is 0 Å². The molecule has 0 saturated carbocycles. The molecule has 0 heterocycles. The van der Waals surface area contributed by atoms with Gasteiger partial charge in [-0.1, -0.05) is 25.4 Å². The lowest BCUT2D eigenvalue weighted by molar-refractivity contribution is -0.137. The number of amides is 2. The molecule has 0 aromatic heterocycles. The SMILES string of the molecule is CCCN(CCC)C(=O)Nc1ccc(Cl)c(C(F)(F)F)c1. The summed E-state index contributed by atoms with van der Waals surface area (Å²) in [6.07, 6.45) is -2.99. The molecule has 0 unspecified atom stereocenters. The summed E-state index contributed by atoms with van der Waals surface area (Å²) in [7, 11) is 0. The highest BCUT2D eigenvalue weighted by molar-refractivity contribution is 6.31. The number of carbonyl (C=O) groups excluding carboxylic acids is 1. The molecule has 0 aliphatic carbocycles. The summed E-state index contributed by atoms with van der Waals surface area (Å²) in [5, 5.41) is 2.09. The molecule has 3 nitrogen and oxygen atoms in total. The lowest BCUT2D eigenvalue weighted by Crippen LogP contribution is -2.36. The molecule has 0 fully saturated rings. The standard InChI is InChI=1S/C14H18ClF3N2O/c1-3-7-20(8-4-2)13(21)19-10-5-6-12(15)11(9-10)14(16,17)18/h5-6,9H,3-4,7-8H2,1-2H3,(H,19,21). The number of halogens is 4. The molecule has 0 saturated heterocycles. The highest BCUT2D eigenvalue weighted by Gasteiger charge is 2.33. The van der Waals surface area contributed by atoms with Crippen LogP contribution in [0, 0.1) is 0 Å². The number of anilines is 1. The van der Waals surface area contributed by atoms with Crippen molar-refractivity contribution in [3.63, 3.8) is 0 Å². The molecular formula is C14H18ClF3N2O. The zero-order valence-electron chi connectivity index (χ0n) is 11.9. The Morgan fingerprint density at radius 1 is 1.24 bits per heavy atom. The van der Waals surface area contributed by atoms with Crippen LogP contribution in [0.5, 0.6) is 0 Å². The Morgan fingerprint density at radius 2 is 1.81 bits per heavy atom. The molecule has 0 spiro atoms. The number of carbonyl (C=O) groups is 1. The molecule has 7 heteroatoms. The number of nitrogens with one attached hydrogen (secondary N) is 1. The maximum Gasteiger partial charge on any atom is 0.417 e. The van der Waals surface area contributed by atoms with Gasteiger partial charge in [0.25, 0.3) is 0 Å². The Kier molecular flexibility index (Phi) is 6.33. The highest BCUT2D eigenvalue weighted by Crippen LogP contribution is 2.36. The topological polar surface area (TPSA) is 32.3 Å². The number of rotatable bonds is 5. The van der Waals surface area contributed by atoms with Gasteiger partial charge >= 0.3 is 12.2 Å². The number of urea groups is 1. The molecule has 118 valence electrons. The van der Waals surface area contributed by atoms with Crippen molar-refractivity contribution in [3.05, 3.63) is 28.8 Å². The minimum atomic E-state index is -4.55. The van der Waals surface area contributed by atoms with Crippen molar-refractivity contribution in [1.29, 1.82) is 0 Å². The van der Waals surface area contributed by atoms with Crippen LogP contribution in [0.4, 0.5) is 23.7 Å². The summed E-state index contributed by atoms with van der Waals surface area (Å²) in [5.74, 6) is 0. The van der Waals surface area contributed by atoms with Crippen LogP contribution in [-0.2, 0) is 6.18 Å². The summed E-state index contributed by atoms with van der Waals surface area (Å²) >= 11 is 5.54. The zero-order valence-corrected chi connectivity index (χ0v) is 12.7. The van der Waals surface area contributed by atoms with Crippen LogP contribution in [-0.4, -0.2) is 24.0 Å². The lowest BCUT2D eigenvalue weighted by Gasteiger charge is -2.22. The van der Waals surface area contributed by atoms with Crippen LogP contribution in [0.15, 0.2) is 18.2 Å². The molecular weight excluding hydrogens is 305 g/mol. The van der Waals surface area contributed by atoms with Crippen LogP contribution in [0.3, 0.4) is 0 Å². The molecule has 1 aromatic carbocycles. The van der Waals surface area contributed by atoms with Gasteiger partial charge in [0, 0.05) is 18.8 Å². The predicted molar refractivity (Wildman–Crippen MR) is 77.6 cm³/mol. The maximum absolute atomic E-state index is 12.8. The highest BCUT2D eigenvalue weighted by atomic mass is 35.5. The van der Waals surface area contributed by atoms with Crippen LogP contribution >= 0.6 is 11.6 Å². The Bertz CT molecular complexity index is 486. The number of alkyl halides is 3. The van der Waals surface area contributed by atoms with E-state index in [1.165, 1.54) is 6.07 Å². The van der Waals surface area contributed by atoms with Crippen LogP contribution < -0.4 is 5.32 Å².